The third kappa shape index (κ3) is 1.49. The molecule has 1 N–H and O–H groups in total. The predicted molar refractivity (Wildman–Crippen MR) is 55.5 cm³/mol. The average molecular weight is 208 g/mol. The Morgan fingerprint density at radius 2 is 2.33 bits per heavy atom. The summed E-state index contributed by atoms with van der Waals surface area (Å²) in [7, 11) is 1.89. The van der Waals surface area contributed by atoms with Crippen molar-refractivity contribution >= 4 is 5.95 Å². The average Bonchev–Trinajstić information content (AvgIpc) is 2.82. The third-order valence-corrected chi connectivity index (χ3v) is 3.48. The summed E-state index contributed by atoms with van der Waals surface area (Å²) in [5, 5.41) is 15.2. The maximum absolute atomic E-state index is 4.06. The molecular formula is C9H16N6. The van der Waals surface area contributed by atoms with Gasteiger partial charge in [-0.05, 0) is 35.7 Å². The van der Waals surface area contributed by atoms with Crippen LogP contribution in [0.3, 0.4) is 0 Å². The Balaban J connectivity index is 1.78. The Kier molecular flexibility index (Phi) is 2.09. The summed E-state index contributed by atoms with van der Waals surface area (Å²) in [6.07, 6.45) is 2.63. The minimum atomic E-state index is 0.635. The Hall–Kier alpha value is -1.17. The highest BCUT2D eigenvalue weighted by Crippen LogP contribution is 2.27. The van der Waals surface area contributed by atoms with Gasteiger partial charge in [0.2, 0.25) is 5.95 Å². The van der Waals surface area contributed by atoms with Gasteiger partial charge in [-0.3, -0.25) is 0 Å². The second-order valence-corrected chi connectivity index (χ2v) is 4.47. The summed E-state index contributed by atoms with van der Waals surface area (Å²) in [6, 6.07) is 0.635. The molecule has 6 heteroatoms. The summed E-state index contributed by atoms with van der Waals surface area (Å²) < 4.78 is 1.75. The van der Waals surface area contributed by atoms with Gasteiger partial charge >= 0.3 is 0 Å². The zero-order valence-corrected chi connectivity index (χ0v) is 8.93. The first-order chi connectivity index (χ1) is 7.34. The summed E-state index contributed by atoms with van der Waals surface area (Å²) in [6.45, 7) is 3.29. The molecule has 3 rings (SSSR count). The molecule has 0 saturated carbocycles. The molecule has 0 aliphatic carbocycles. The fraction of sp³-hybridized carbons (Fsp3) is 0.889. The number of hydrogen-bond acceptors (Lipinski definition) is 5. The highest BCUT2D eigenvalue weighted by molar-refractivity contribution is 5.31. The summed E-state index contributed by atoms with van der Waals surface area (Å²) in [5.41, 5.74) is 0. The molecule has 0 unspecified atom stereocenters. The molecule has 0 amide bonds. The highest BCUT2D eigenvalue weighted by Gasteiger charge is 2.35. The number of fused-ring (bicyclic) bond motifs is 1. The number of anilines is 1. The molecule has 0 bridgehead atoms. The lowest BCUT2D eigenvalue weighted by molar-refractivity contribution is 0.340. The maximum Gasteiger partial charge on any atom is 0.245 e. The van der Waals surface area contributed by atoms with Gasteiger partial charge in [-0.1, -0.05) is 5.10 Å². The largest absolute Gasteiger partial charge is 0.338 e. The molecule has 0 radical (unpaired) electrons. The number of nitrogens with one attached hydrogen (secondary N) is 1. The van der Waals surface area contributed by atoms with Gasteiger partial charge in [-0.15, -0.1) is 0 Å². The lowest BCUT2D eigenvalue weighted by Gasteiger charge is -2.24. The Morgan fingerprint density at radius 3 is 3.07 bits per heavy atom. The van der Waals surface area contributed by atoms with E-state index in [1.54, 1.807) is 4.68 Å². The van der Waals surface area contributed by atoms with E-state index in [9.17, 15) is 0 Å². The van der Waals surface area contributed by atoms with Crippen LogP contribution in [-0.2, 0) is 7.05 Å². The second-order valence-electron chi connectivity index (χ2n) is 4.47. The van der Waals surface area contributed by atoms with Gasteiger partial charge in [0.25, 0.3) is 0 Å². The van der Waals surface area contributed by atoms with E-state index in [1.165, 1.54) is 12.8 Å². The van der Waals surface area contributed by atoms with Gasteiger partial charge in [0.05, 0.1) is 0 Å². The van der Waals surface area contributed by atoms with Crippen molar-refractivity contribution in [3.05, 3.63) is 0 Å². The van der Waals surface area contributed by atoms with Crippen molar-refractivity contribution in [2.45, 2.75) is 18.9 Å². The number of aryl methyl sites for hydroxylation is 1. The Bertz CT molecular complexity index is 334. The van der Waals surface area contributed by atoms with Crippen molar-refractivity contribution in [1.82, 2.24) is 25.5 Å². The van der Waals surface area contributed by atoms with E-state index < -0.39 is 0 Å². The number of hydrogen-bond donors (Lipinski definition) is 1. The van der Waals surface area contributed by atoms with Gasteiger partial charge in [0.1, 0.15) is 0 Å². The van der Waals surface area contributed by atoms with Crippen LogP contribution >= 0.6 is 0 Å². The van der Waals surface area contributed by atoms with Crippen molar-refractivity contribution in [1.29, 1.82) is 0 Å². The summed E-state index contributed by atoms with van der Waals surface area (Å²) in [4.78, 5) is 2.29. The van der Waals surface area contributed by atoms with Crippen LogP contribution in [0.15, 0.2) is 0 Å². The first-order valence-corrected chi connectivity index (χ1v) is 5.55. The van der Waals surface area contributed by atoms with E-state index in [-0.39, 0.29) is 0 Å². The van der Waals surface area contributed by atoms with E-state index in [1.807, 2.05) is 7.05 Å². The molecule has 15 heavy (non-hydrogen) atoms. The molecule has 82 valence electrons. The van der Waals surface area contributed by atoms with E-state index in [0.29, 0.717) is 6.04 Å². The topological polar surface area (TPSA) is 58.9 Å². The van der Waals surface area contributed by atoms with Crippen LogP contribution in [0, 0.1) is 5.92 Å². The van der Waals surface area contributed by atoms with Crippen molar-refractivity contribution in [2.24, 2.45) is 13.0 Å². The molecule has 2 fully saturated rings. The number of nitrogens with zero attached hydrogens (tertiary/aromatic N) is 5. The van der Waals surface area contributed by atoms with E-state index >= 15 is 0 Å². The van der Waals surface area contributed by atoms with Gasteiger partial charge in [-0.25, -0.2) is 4.68 Å². The number of tetrazole rings is 1. The lowest BCUT2D eigenvalue weighted by atomic mass is 9.94. The zero-order valence-electron chi connectivity index (χ0n) is 8.93. The number of rotatable bonds is 1. The highest BCUT2D eigenvalue weighted by atomic mass is 15.6. The maximum atomic E-state index is 4.06. The molecule has 0 aromatic carbocycles. The first-order valence-electron chi connectivity index (χ1n) is 5.55. The first kappa shape index (κ1) is 9.08. The SMILES string of the molecule is Cn1nnnc1N1C[C@@H]2CCCN[C@@H]2C1. The van der Waals surface area contributed by atoms with Gasteiger partial charge in [-0.2, -0.15) is 0 Å². The van der Waals surface area contributed by atoms with Crippen LogP contribution in [0.4, 0.5) is 5.95 Å². The Labute approximate surface area is 88.6 Å². The summed E-state index contributed by atoms with van der Waals surface area (Å²) in [5.74, 6) is 1.67. The van der Waals surface area contributed by atoms with E-state index in [0.717, 1.165) is 31.5 Å². The molecule has 2 atom stereocenters. The Morgan fingerprint density at radius 1 is 1.40 bits per heavy atom. The van der Waals surface area contributed by atoms with Gasteiger partial charge in [0, 0.05) is 26.2 Å². The molecule has 2 saturated heterocycles. The van der Waals surface area contributed by atoms with Gasteiger partial charge < -0.3 is 10.2 Å². The van der Waals surface area contributed by atoms with Crippen LogP contribution in [0.5, 0.6) is 0 Å². The third-order valence-electron chi connectivity index (χ3n) is 3.48. The monoisotopic (exact) mass is 208 g/mol. The molecule has 3 heterocycles. The molecule has 0 spiro atoms. The number of aromatic nitrogens is 4. The van der Waals surface area contributed by atoms with Crippen LogP contribution in [0.25, 0.3) is 0 Å². The number of piperidine rings is 1. The van der Waals surface area contributed by atoms with Crippen molar-refractivity contribution < 1.29 is 0 Å². The molecule has 2 aliphatic heterocycles. The molecule has 6 nitrogen and oxygen atoms in total. The van der Waals surface area contributed by atoms with Crippen LogP contribution in [-0.4, -0.2) is 45.9 Å². The van der Waals surface area contributed by atoms with Crippen LogP contribution < -0.4 is 10.2 Å². The quantitative estimate of drug-likeness (QED) is 0.667. The molecule has 1 aromatic heterocycles. The predicted octanol–water partition coefficient (Wildman–Crippen LogP) is -0.602. The standard InChI is InChI=1S/C9H16N6/c1-14-9(11-12-13-14)15-5-7-3-2-4-10-8(7)6-15/h7-8,10H,2-6H2,1H3/t7-,8+/m0/s1. The summed E-state index contributed by atoms with van der Waals surface area (Å²) >= 11 is 0. The van der Waals surface area contributed by atoms with Crippen LogP contribution in [0.2, 0.25) is 0 Å². The fourth-order valence-corrected chi connectivity index (χ4v) is 2.70. The fourth-order valence-electron chi connectivity index (χ4n) is 2.70. The molecule has 1 aromatic rings. The molecular weight excluding hydrogens is 192 g/mol. The van der Waals surface area contributed by atoms with E-state index in [4.69, 9.17) is 0 Å². The van der Waals surface area contributed by atoms with E-state index in [2.05, 4.69) is 25.7 Å². The molecule has 2 aliphatic rings. The minimum absolute atomic E-state index is 0.635. The second kappa shape index (κ2) is 3.44. The van der Waals surface area contributed by atoms with Crippen LogP contribution in [0.1, 0.15) is 12.8 Å². The zero-order chi connectivity index (χ0) is 10.3. The van der Waals surface area contributed by atoms with Gasteiger partial charge in [0.15, 0.2) is 0 Å². The van der Waals surface area contributed by atoms with Crippen molar-refractivity contribution in [3.63, 3.8) is 0 Å². The lowest BCUT2D eigenvalue weighted by Crippen LogP contribution is -2.40. The normalized spacial score (nSPS) is 30.6. The van der Waals surface area contributed by atoms with Crippen molar-refractivity contribution in [2.75, 3.05) is 24.5 Å². The van der Waals surface area contributed by atoms with Crippen molar-refractivity contribution in [3.8, 4) is 0 Å². The smallest absolute Gasteiger partial charge is 0.245 e. The minimum Gasteiger partial charge on any atom is -0.338 e.